The molecule has 8 nitrogen and oxygen atoms in total. The van der Waals surface area contributed by atoms with Crippen LogP contribution in [0.3, 0.4) is 0 Å². The van der Waals surface area contributed by atoms with Crippen LogP contribution in [-0.2, 0) is 0 Å². The number of nitrogens with zero attached hydrogens (tertiary/aromatic N) is 2. The molecule has 5 N–H and O–H groups in total. The van der Waals surface area contributed by atoms with Gasteiger partial charge >= 0.3 is 0 Å². The number of anilines is 1. The molecular weight excluding hydrogens is 464 g/mol. The SMILES string of the molecule is NC1=NS(O)(O)Nc2cccc(OCC3CCCN(C(=O)c4cccc(-c5ccccc5)c4)C3)c21. The normalized spacial score (nSPS) is 19.7. The first-order valence-corrected chi connectivity index (χ1v) is 13.0. The maximum Gasteiger partial charge on any atom is 0.253 e. The molecule has 0 radical (unpaired) electrons. The van der Waals surface area contributed by atoms with E-state index in [1.54, 1.807) is 18.2 Å². The van der Waals surface area contributed by atoms with Gasteiger partial charge in [-0.15, -0.1) is 4.40 Å². The molecule has 1 atom stereocenters. The van der Waals surface area contributed by atoms with E-state index in [4.69, 9.17) is 10.5 Å². The van der Waals surface area contributed by atoms with Crippen LogP contribution >= 0.6 is 11.0 Å². The minimum Gasteiger partial charge on any atom is -0.492 e. The summed E-state index contributed by atoms with van der Waals surface area (Å²) in [4.78, 5) is 15.2. The van der Waals surface area contributed by atoms with Gasteiger partial charge in [0, 0.05) is 24.6 Å². The summed E-state index contributed by atoms with van der Waals surface area (Å²) < 4.78 is 32.2. The lowest BCUT2D eigenvalue weighted by Crippen LogP contribution is -2.41. The lowest BCUT2D eigenvalue weighted by molar-refractivity contribution is 0.0633. The molecule has 1 amide bonds. The highest BCUT2D eigenvalue weighted by Gasteiger charge is 2.28. The average molecular weight is 493 g/mol. The second-order valence-electron chi connectivity index (χ2n) is 8.79. The summed E-state index contributed by atoms with van der Waals surface area (Å²) in [6.45, 7) is 1.73. The predicted octanol–water partition coefficient (Wildman–Crippen LogP) is 5.00. The van der Waals surface area contributed by atoms with E-state index < -0.39 is 11.0 Å². The first kappa shape index (κ1) is 23.2. The number of benzene rings is 3. The molecule has 3 aromatic carbocycles. The van der Waals surface area contributed by atoms with E-state index in [9.17, 15) is 13.9 Å². The molecule has 2 aliphatic heterocycles. The van der Waals surface area contributed by atoms with Crippen LogP contribution in [0.1, 0.15) is 28.8 Å². The molecule has 2 heterocycles. The van der Waals surface area contributed by atoms with Crippen molar-refractivity contribution in [3.8, 4) is 16.9 Å². The minimum atomic E-state index is -3.35. The first-order valence-electron chi connectivity index (χ1n) is 11.5. The molecule has 1 fully saturated rings. The smallest absolute Gasteiger partial charge is 0.253 e. The molecule has 0 aromatic heterocycles. The van der Waals surface area contributed by atoms with Crippen LogP contribution < -0.4 is 15.2 Å². The number of nitrogens with two attached hydrogens (primary N) is 1. The van der Waals surface area contributed by atoms with Gasteiger partial charge in [-0.05, 0) is 59.2 Å². The van der Waals surface area contributed by atoms with E-state index in [1.165, 1.54) is 0 Å². The van der Waals surface area contributed by atoms with Gasteiger partial charge in [0.2, 0.25) is 0 Å². The molecule has 0 spiro atoms. The first-order chi connectivity index (χ1) is 16.9. The number of fused-ring (bicyclic) bond motifs is 1. The average Bonchev–Trinajstić information content (AvgIpc) is 2.87. The Morgan fingerprint density at radius 1 is 1.09 bits per heavy atom. The molecule has 35 heavy (non-hydrogen) atoms. The van der Waals surface area contributed by atoms with Crippen LogP contribution in [0.15, 0.2) is 77.2 Å². The third-order valence-corrected chi connectivity index (χ3v) is 7.20. The Labute approximate surface area is 206 Å². The molecule has 0 aliphatic carbocycles. The van der Waals surface area contributed by atoms with Crippen molar-refractivity contribution >= 4 is 28.4 Å². The van der Waals surface area contributed by atoms with Crippen LogP contribution in [0.4, 0.5) is 5.69 Å². The minimum absolute atomic E-state index is 0.0214. The molecule has 2 aliphatic rings. The summed E-state index contributed by atoms with van der Waals surface area (Å²) in [5.74, 6) is 0.726. The fourth-order valence-electron chi connectivity index (χ4n) is 4.59. The van der Waals surface area contributed by atoms with Crippen molar-refractivity contribution in [3.05, 3.63) is 83.9 Å². The number of amidine groups is 1. The second kappa shape index (κ2) is 9.61. The number of rotatable bonds is 5. The monoisotopic (exact) mass is 492 g/mol. The van der Waals surface area contributed by atoms with Crippen LogP contribution in [0.2, 0.25) is 0 Å². The molecule has 3 aromatic rings. The fourth-order valence-corrected chi connectivity index (χ4v) is 5.47. The number of nitrogens with one attached hydrogen (secondary N) is 1. The van der Waals surface area contributed by atoms with Crippen LogP contribution in [0.5, 0.6) is 5.75 Å². The van der Waals surface area contributed by atoms with Gasteiger partial charge in [-0.2, -0.15) is 0 Å². The van der Waals surface area contributed by atoms with Crippen molar-refractivity contribution in [2.75, 3.05) is 24.4 Å². The number of carbonyl (C=O) groups is 1. The van der Waals surface area contributed by atoms with E-state index >= 15 is 0 Å². The number of likely N-dealkylation sites (tertiary alicyclic amines) is 1. The second-order valence-corrected chi connectivity index (χ2v) is 10.2. The molecule has 0 saturated carbocycles. The summed E-state index contributed by atoms with van der Waals surface area (Å²) >= 11 is 0. The highest BCUT2D eigenvalue weighted by atomic mass is 32.3. The lowest BCUT2D eigenvalue weighted by atomic mass is 9.97. The van der Waals surface area contributed by atoms with Crippen molar-refractivity contribution in [2.45, 2.75) is 12.8 Å². The Morgan fingerprint density at radius 3 is 2.69 bits per heavy atom. The van der Waals surface area contributed by atoms with E-state index in [-0.39, 0.29) is 17.7 Å². The van der Waals surface area contributed by atoms with Gasteiger partial charge in [0.15, 0.2) is 5.84 Å². The van der Waals surface area contributed by atoms with E-state index in [2.05, 4.69) is 9.12 Å². The standard InChI is InChI=1S/C26H28N4O4S/c27-25-24-22(28-35(32,33)29-25)12-5-13-23(24)34-17-18-7-6-14-30(16-18)26(31)21-11-4-10-20(15-21)19-8-2-1-3-9-19/h1-5,8-13,15,18,28,32-33H,6-7,14,16-17H2,(H2,27,29). The Balaban J connectivity index is 1.26. The van der Waals surface area contributed by atoms with Crippen molar-refractivity contribution < 1.29 is 18.6 Å². The number of carbonyl (C=O) groups excluding carboxylic acids is 1. The van der Waals surface area contributed by atoms with Gasteiger partial charge < -0.3 is 15.4 Å². The summed E-state index contributed by atoms with van der Waals surface area (Å²) in [7, 11) is -3.35. The number of amides is 1. The number of ether oxygens (including phenoxy) is 1. The number of piperidine rings is 1. The highest BCUT2D eigenvalue weighted by Crippen LogP contribution is 2.46. The third kappa shape index (κ3) is 5.12. The van der Waals surface area contributed by atoms with Crippen LogP contribution in [0.25, 0.3) is 11.1 Å². The van der Waals surface area contributed by atoms with Gasteiger partial charge in [-0.3, -0.25) is 18.6 Å². The van der Waals surface area contributed by atoms with Crippen molar-refractivity contribution in [3.63, 3.8) is 0 Å². The van der Waals surface area contributed by atoms with Gasteiger partial charge in [-0.1, -0.05) is 48.5 Å². The zero-order chi connectivity index (χ0) is 24.4. The Hall–Kier alpha value is -3.53. The Kier molecular flexibility index (Phi) is 6.38. The largest absolute Gasteiger partial charge is 0.492 e. The Bertz CT molecular complexity index is 1270. The van der Waals surface area contributed by atoms with Gasteiger partial charge in [-0.25, -0.2) is 0 Å². The van der Waals surface area contributed by atoms with Gasteiger partial charge in [0.05, 0.1) is 17.9 Å². The highest BCUT2D eigenvalue weighted by molar-refractivity contribution is 8.24. The van der Waals surface area contributed by atoms with E-state index in [1.807, 2.05) is 59.5 Å². The van der Waals surface area contributed by atoms with E-state index in [0.29, 0.717) is 42.3 Å². The van der Waals surface area contributed by atoms with Crippen LogP contribution in [-0.4, -0.2) is 45.4 Å². The molecule has 0 bridgehead atoms. The zero-order valence-corrected chi connectivity index (χ0v) is 19.9. The molecular formula is C26H28N4O4S. The molecule has 182 valence electrons. The summed E-state index contributed by atoms with van der Waals surface area (Å²) in [5, 5.41) is 0. The van der Waals surface area contributed by atoms with E-state index in [0.717, 1.165) is 24.0 Å². The molecule has 1 saturated heterocycles. The summed E-state index contributed by atoms with van der Waals surface area (Å²) in [6, 6.07) is 23.0. The van der Waals surface area contributed by atoms with Crippen molar-refractivity contribution in [1.29, 1.82) is 0 Å². The fraction of sp³-hybridized carbons (Fsp3) is 0.231. The van der Waals surface area contributed by atoms with Gasteiger partial charge in [0.1, 0.15) is 5.75 Å². The molecule has 1 unspecified atom stereocenters. The van der Waals surface area contributed by atoms with Gasteiger partial charge in [0.25, 0.3) is 5.91 Å². The lowest BCUT2D eigenvalue weighted by Gasteiger charge is -2.34. The quantitative estimate of drug-likeness (QED) is 0.398. The number of hydrogen-bond acceptors (Lipinski definition) is 7. The molecule has 5 rings (SSSR count). The topological polar surface area (TPSA) is 120 Å². The maximum atomic E-state index is 13.3. The summed E-state index contributed by atoms with van der Waals surface area (Å²) in [6.07, 6.45) is 1.85. The predicted molar refractivity (Wildman–Crippen MR) is 140 cm³/mol. The molecule has 9 heteroatoms. The van der Waals surface area contributed by atoms with Crippen molar-refractivity contribution in [2.24, 2.45) is 16.0 Å². The van der Waals surface area contributed by atoms with Crippen molar-refractivity contribution in [1.82, 2.24) is 4.90 Å². The Morgan fingerprint density at radius 2 is 1.86 bits per heavy atom. The number of hydrogen-bond donors (Lipinski definition) is 4. The maximum absolute atomic E-state index is 13.3. The third-order valence-electron chi connectivity index (χ3n) is 6.25. The zero-order valence-electron chi connectivity index (χ0n) is 19.1. The van der Waals surface area contributed by atoms with Crippen LogP contribution in [0, 0.1) is 5.92 Å². The summed E-state index contributed by atoms with van der Waals surface area (Å²) in [5.41, 5.74) is 9.75.